The number of hydrogen-bond acceptors (Lipinski definition) is 4. The van der Waals surface area contributed by atoms with Crippen molar-refractivity contribution in [1.29, 1.82) is 0 Å². The number of amides is 1. The molecule has 1 amide bonds. The number of unbranched alkanes of at least 4 members (excludes halogenated alkanes) is 1. The molecular weight excluding hydrogens is 290 g/mol. The quantitative estimate of drug-likeness (QED) is 0.677. The van der Waals surface area contributed by atoms with E-state index in [1.165, 1.54) is 12.8 Å². The van der Waals surface area contributed by atoms with E-state index in [4.69, 9.17) is 4.52 Å². The number of nitrogens with zero attached hydrogens (tertiary/aromatic N) is 2. The second kappa shape index (κ2) is 9.71. The minimum absolute atomic E-state index is 0.0736. The first kappa shape index (κ1) is 19.7. The zero-order valence-corrected chi connectivity index (χ0v) is 15.4. The molecule has 23 heavy (non-hydrogen) atoms. The van der Waals surface area contributed by atoms with Crippen LogP contribution in [0.15, 0.2) is 10.6 Å². The molecule has 0 fully saturated rings. The molecule has 0 aliphatic rings. The summed E-state index contributed by atoms with van der Waals surface area (Å²) >= 11 is 0. The molecule has 1 atom stereocenters. The molecule has 0 aromatic carbocycles. The van der Waals surface area contributed by atoms with Crippen molar-refractivity contribution >= 4 is 5.91 Å². The minimum atomic E-state index is -0.146. The van der Waals surface area contributed by atoms with E-state index in [2.05, 4.69) is 43.2 Å². The Morgan fingerprint density at radius 2 is 2.09 bits per heavy atom. The first-order valence-electron chi connectivity index (χ1n) is 8.86. The zero-order valence-electron chi connectivity index (χ0n) is 15.4. The number of carbonyl (C=O) groups excluding carboxylic acids is 1. The number of aryl methyl sites for hydroxylation is 1. The number of nitrogens with one attached hydrogen (secondary N) is 1. The summed E-state index contributed by atoms with van der Waals surface area (Å²) in [6.07, 6.45) is 5.36. The highest BCUT2D eigenvalue weighted by molar-refractivity contribution is 5.92. The number of rotatable bonds is 11. The normalized spacial score (nSPS) is 14.0. The van der Waals surface area contributed by atoms with Crippen LogP contribution in [0.5, 0.6) is 0 Å². The summed E-state index contributed by atoms with van der Waals surface area (Å²) in [7, 11) is 2.16. The molecule has 0 spiro atoms. The summed E-state index contributed by atoms with van der Waals surface area (Å²) in [5.41, 5.74) is 0.449. The lowest BCUT2D eigenvalue weighted by Gasteiger charge is -2.34. The highest BCUT2D eigenvalue weighted by atomic mass is 16.5. The molecule has 1 rings (SSSR count). The van der Waals surface area contributed by atoms with E-state index in [0.29, 0.717) is 12.2 Å². The average Bonchev–Trinajstić information content (AvgIpc) is 3.00. The van der Waals surface area contributed by atoms with E-state index >= 15 is 0 Å². The molecule has 0 radical (unpaired) electrons. The van der Waals surface area contributed by atoms with Crippen LogP contribution >= 0.6 is 0 Å². The highest BCUT2D eigenvalue weighted by Gasteiger charge is 2.26. The SMILES string of the molecule is CCCCN(C)CC(C)(CCC)CNC(=O)c1cc(CC)on1. The van der Waals surface area contributed by atoms with Crippen LogP contribution in [-0.4, -0.2) is 42.6 Å². The first-order valence-corrected chi connectivity index (χ1v) is 8.86. The number of carbonyl (C=O) groups is 1. The second-order valence-electron chi connectivity index (χ2n) is 6.87. The van der Waals surface area contributed by atoms with Gasteiger partial charge in [0.05, 0.1) is 0 Å². The Bertz CT molecular complexity index is 473. The maximum Gasteiger partial charge on any atom is 0.273 e. The van der Waals surface area contributed by atoms with Gasteiger partial charge in [-0.3, -0.25) is 4.79 Å². The van der Waals surface area contributed by atoms with Crippen LogP contribution in [-0.2, 0) is 6.42 Å². The molecule has 5 nitrogen and oxygen atoms in total. The Labute approximate surface area is 140 Å². The molecule has 1 unspecified atom stereocenters. The van der Waals surface area contributed by atoms with Gasteiger partial charge in [0.2, 0.25) is 0 Å². The summed E-state index contributed by atoms with van der Waals surface area (Å²) in [5.74, 6) is 0.595. The van der Waals surface area contributed by atoms with Crippen molar-refractivity contribution in [3.8, 4) is 0 Å². The Hall–Kier alpha value is -1.36. The van der Waals surface area contributed by atoms with Crippen molar-refractivity contribution in [2.24, 2.45) is 5.41 Å². The van der Waals surface area contributed by atoms with Gasteiger partial charge in [0, 0.05) is 25.6 Å². The van der Waals surface area contributed by atoms with Crippen LogP contribution < -0.4 is 5.32 Å². The molecular formula is C18H33N3O2. The maximum atomic E-state index is 12.2. The van der Waals surface area contributed by atoms with E-state index in [9.17, 15) is 4.79 Å². The van der Waals surface area contributed by atoms with Crippen LogP contribution in [0.25, 0.3) is 0 Å². The molecule has 0 saturated carbocycles. The molecule has 0 aliphatic carbocycles. The Morgan fingerprint density at radius 1 is 1.35 bits per heavy atom. The zero-order chi connectivity index (χ0) is 17.3. The van der Waals surface area contributed by atoms with Gasteiger partial charge in [0.15, 0.2) is 5.69 Å². The summed E-state index contributed by atoms with van der Waals surface area (Å²) in [6, 6.07) is 1.72. The Morgan fingerprint density at radius 3 is 2.65 bits per heavy atom. The predicted octanol–water partition coefficient (Wildman–Crippen LogP) is 3.51. The lowest BCUT2D eigenvalue weighted by molar-refractivity contribution is 0.0904. The van der Waals surface area contributed by atoms with Gasteiger partial charge in [-0.15, -0.1) is 0 Å². The van der Waals surface area contributed by atoms with E-state index in [0.717, 1.165) is 38.1 Å². The third-order valence-corrected chi connectivity index (χ3v) is 4.21. The van der Waals surface area contributed by atoms with Gasteiger partial charge < -0.3 is 14.7 Å². The van der Waals surface area contributed by atoms with Gasteiger partial charge >= 0.3 is 0 Å². The van der Waals surface area contributed by atoms with E-state index in [1.807, 2.05) is 6.92 Å². The second-order valence-corrected chi connectivity index (χ2v) is 6.87. The molecule has 0 bridgehead atoms. The molecule has 0 aliphatic heterocycles. The molecule has 1 aromatic heterocycles. The smallest absolute Gasteiger partial charge is 0.273 e. The molecule has 1 N–H and O–H groups in total. The summed E-state index contributed by atoms with van der Waals surface area (Å²) in [5, 5.41) is 6.87. The minimum Gasteiger partial charge on any atom is -0.361 e. The van der Waals surface area contributed by atoms with Crippen molar-refractivity contribution in [3.05, 3.63) is 17.5 Å². The third-order valence-electron chi connectivity index (χ3n) is 4.21. The van der Waals surface area contributed by atoms with Crippen molar-refractivity contribution in [2.75, 3.05) is 26.7 Å². The lowest BCUT2D eigenvalue weighted by Crippen LogP contribution is -2.43. The number of hydrogen-bond donors (Lipinski definition) is 1. The van der Waals surface area contributed by atoms with Crippen LogP contribution in [0.2, 0.25) is 0 Å². The van der Waals surface area contributed by atoms with Crippen LogP contribution in [0.3, 0.4) is 0 Å². The Kier molecular flexibility index (Phi) is 8.31. The molecule has 0 saturated heterocycles. The van der Waals surface area contributed by atoms with Crippen molar-refractivity contribution in [3.63, 3.8) is 0 Å². The fraction of sp³-hybridized carbons (Fsp3) is 0.778. The van der Waals surface area contributed by atoms with E-state index in [1.54, 1.807) is 6.07 Å². The first-order chi connectivity index (χ1) is 10.9. The van der Waals surface area contributed by atoms with Crippen LogP contribution in [0.1, 0.15) is 69.6 Å². The van der Waals surface area contributed by atoms with Gasteiger partial charge in [-0.2, -0.15) is 0 Å². The molecule has 1 aromatic rings. The van der Waals surface area contributed by atoms with E-state index in [-0.39, 0.29) is 11.3 Å². The summed E-state index contributed by atoms with van der Waals surface area (Å²) in [4.78, 5) is 14.6. The average molecular weight is 323 g/mol. The van der Waals surface area contributed by atoms with Crippen molar-refractivity contribution < 1.29 is 9.32 Å². The lowest BCUT2D eigenvalue weighted by atomic mass is 9.84. The van der Waals surface area contributed by atoms with Gasteiger partial charge in [0.1, 0.15) is 5.76 Å². The van der Waals surface area contributed by atoms with Crippen LogP contribution in [0.4, 0.5) is 0 Å². The monoisotopic (exact) mass is 323 g/mol. The largest absolute Gasteiger partial charge is 0.361 e. The van der Waals surface area contributed by atoms with Gasteiger partial charge in [-0.25, -0.2) is 0 Å². The van der Waals surface area contributed by atoms with Crippen LogP contribution in [0, 0.1) is 5.41 Å². The summed E-state index contributed by atoms with van der Waals surface area (Å²) in [6.45, 7) is 11.4. The molecule has 132 valence electrons. The fourth-order valence-corrected chi connectivity index (χ4v) is 2.96. The van der Waals surface area contributed by atoms with Crippen molar-refractivity contribution in [1.82, 2.24) is 15.4 Å². The predicted molar refractivity (Wildman–Crippen MR) is 93.6 cm³/mol. The van der Waals surface area contributed by atoms with Gasteiger partial charge in [-0.05, 0) is 31.8 Å². The topological polar surface area (TPSA) is 58.4 Å². The Balaban J connectivity index is 2.58. The number of aromatic nitrogens is 1. The highest BCUT2D eigenvalue weighted by Crippen LogP contribution is 2.24. The maximum absolute atomic E-state index is 12.2. The molecule has 1 heterocycles. The third kappa shape index (κ3) is 6.73. The molecule has 5 heteroatoms. The summed E-state index contributed by atoms with van der Waals surface area (Å²) < 4.78 is 5.10. The standard InChI is InChI=1S/C18H33N3O2/c1-6-9-11-21(5)14-18(4,10-7-2)13-19-17(22)16-12-15(8-3)23-20-16/h12H,6-11,13-14H2,1-5H3,(H,19,22). The fourth-order valence-electron chi connectivity index (χ4n) is 2.96. The van der Waals surface area contributed by atoms with Crippen molar-refractivity contribution in [2.45, 2.75) is 59.8 Å². The van der Waals surface area contributed by atoms with Gasteiger partial charge in [0.25, 0.3) is 5.91 Å². The van der Waals surface area contributed by atoms with Gasteiger partial charge in [-0.1, -0.05) is 45.7 Å². The van der Waals surface area contributed by atoms with E-state index < -0.39 is 0 Å².